The van der Waals surface area contributed by atoms with Crippen LogP contribution in [0.4, 0.5) is 4.39 Å². The van der Waals surface area contributed by atoms with Gasteiger partial charge in [-0.1, -0.05) is 18.6 Å². The van der Waals surface area contributed by atoms with Gasteiger partial charge in [0.25, 0.3) is 0 Å². The average molecular weight is 348 g/mol. The number of rotatable bonds is 6. The fourth-order valence-corrected chi connectivity index (χ4v) is 3.54. The van der Waals surface area contributed by atoms with Crippen LogP contribution in [0.1, 0.15) is 50.5 Å². The summed E-state index contributed by atoms with van der Waals surface area (Å²) in [6.45, 7) is 1.50. The molecule has 136 valence electrons. The van der Waals surface area contributed by atoms with Crippen molar-refractivity contribution in [1.29, 1.82) is 0 Å². The van der Waals surface area contributed by atoms with Gasteiger partial charge < -0.3 is 15.7 Å². The number of aliphatic hydroxyl groups is 1. The molecule has 0 unspecified atom stereocenters. The van der Waals surface area contributed by atoms with Gasteiger partial charge in [-0.15, -0.1) is 0 Å². The van der Waals surface area contributed by atoms with Gasteiger partial charge >= 0.3 is 0 Å². The van der Waals surface area contributed by atoms with E-state index in [1.54, 1.807) is 12.1 Å². The molecule has 0 radical (unpaired) electrons. The molecule has 3 N–H and O–H groups in total. The molecule has 3 rings (SSSR count). The third-order valence-corrected chi connectivity index (χ3v) is 5.15. The van der Waals surface area contributed by atoms with Crippen LogP contribution in [0.5, 0.6) is 0 Å². The minimum absolute atomic E-state index is 0.0208. The van der Waals surface area contributed by atoms with Crippen LogP contribution in [0.2, 0.25) is 0 Å². The molecule has 0 aromatic heterocycles. The van der Waals surface area contributed by atoms with Gasteiger partial charge in [0.1, 0.15) is 11.9 Å². The molecule has 2 fully saturated rings. The zero-order chi connectivity index (χ0) is 18.0. The Balaban J connectivity index is 1.64. The molecular formula is C19H25FN2O3. The van der Waals surface area contributed by atoms with Crippen molar-refractivity contribution in [3.8, 4) is 0 Å². The van der Waals surface area contributed by atoms with Gasteiger partial charge in [-0.2, -0.15) is 0 Å². The van der Waals surface area contributed by atoms with Gasteiger partial charge in [0.2, 0.25) is 11.8 Å². The first-order chi connectivity index (χ1) is 12.0. The summed E-state index contributed by atoms with van der Waals surface area (Å²) in [5.41, 5.74) is 1.000. The van der Waals surface area contributed by atoms with Crippen LogP contribution < -0.4 is 10.6 Å². The molecule has 2 saturated carbocycles. The molecule has 2 aliphatic rings. The highest BCUT2D eigenvalue weighted by atomic mass is 19.1. The summed E-state index contributed by atoms with van der Waals surface area (Å²) in [6, 6.07) is 5.36. The van der Waals surface area contributed by atoms with Crippen molar-refractivity contribution in [2.75, 3.05) is 0 Å². The lowest BCUT2D eigenvalue weighted by molar-refractivity contribution is -0.132. The van der Waals surface area contributed by atoms with Gasteiger partial charge in [-0.3, -0.25) is 9.59 Å². The molecule has 0 spiro atoms. The molecule has 0 heterocycles. The first-order valence-corrected chi connectivity index (χ1v) is 9.00. The van der Waals surface area contributed by atoms with Gasteiger partial charge in [0, 0.05) is 17.9 Å². The van der Waals surface area contributed by atoms with Crippen LogP contribution in [0.25, 0.3) is 0 Å². The predicted octanol–water partition coefficient (Wildman–Crippen LogP) is 1.85. The van der Waals surface area contributed by atoms with E-state index in [9.17, 15) is 19.1 Å². The monoisotopic (exact) mass is 348 g/mol. The molecule has 25 heavy (non-hydrogen) atoms. The molecule has 0 aliphatic heterocycles. The van der Waals surface area contributed by atoms with E-state index in [-0.39, 0.29) is 35.5 Å². The summed E-state index contributed by atoms with van der Waals surface area (Å²) in [4.78, 5) is 24.5. The second kappa shape index (κ2) is 7.52. The fourth-order valence-electron chi connectivity index (χ4n) is 3.54. The van der Waals surface area contributed by atoms with E-state index >= 15 is 0 Å². The van der Waals surface area contributed by atoms with Crippen LogP contribution in [0, 0.1) is 11.7 Å². The quantitative estimate of drug-likeness (QED) is 0.734. The average Bonchev–Trinajstić information content (AvgIpc) is 3.33. The van der Waals surface area contributed by atoms with Crippen LogP contribution in [0.3, 0.4) is 0 Å². The first kappa shape index (κ1) is 17.9. The highest BCUT2D eigenvalue weighted by Gasteiger charge is 2.36. The summed E-state index contributed by atoms with van der Waals surface area (Å²) in [6.07, 6.45) is 3.44. The largest absolute Gasteiger partial charge is 0.391 e. The minimum Gasteiger partial charge on any atom is -0.391 e. The minimum atomic E-state index is -0.964. The van der Waals surface area contributed by atoms with Crippen molar-refractivity contribution in [3.05, 3.63) is 35.6 Å². The van der Waals surface area contributed by atoms with Crippen molar-refractivity contribution in [2.45, 2.75) is 63.1 Å². The van der Waals surface area contributed by atoms with Crippen LogP contribution >= 0.6 is 0 Å². The number of amides is 2. The fraction of sp³-hybridized carbons (Fsp3) is 0.579. The normalized spacial score (nSPS) is 25.2. The number of nitrogens with one attached hydrogen (secondary N) is 2. The summed E-state index contributed by atoms with van der Waals surface area (Å²) >= 11 is 0. The summed E-state index contributed by atoms with van der Waals surface area (Å²) in [7, 11) is 0. The zero-order valence-electron chi connectivity index (χ0n) is 14.4. The van der Waals surface area contributed by atoms with Crippen LogP contribution in [-0.4, -0.2) is 35.1 Å². The van der Waals surface area contributed by atoms with Gasteiger partial charge in [-0.25, -0.2) is 4.39 Å². The van der Waals surface area contributed by atoms with Crippen molar-refractivity contribution in [1.82, 2.24) is 10.6 Å². The lowest BCUT2D eigenvalue weighted by Crippen LogP contribution is -2.55. The maximum atomic E-state index is 13.1. The number of hydrogen-bond acceptors (Lipinski definition) is 3. The van der Waals surface area contributed by atoms with Gasteiger partial charge in [0.05, 0.1) is 6.10 Å². The Kier molecular flexibility index (Phi) is 5.37. The standard InChI is InChI=1S/C19H25FN2O3/c1-11(23)17(22-18(24)13-5-6-13)19(25)21-16-4-2-3-15(16)12-7-9-14(20)10-8-12/h7-11,13,15-17,23H,2-6H2,1H3,(H,21,25)(H,22,24)/t11-,15-,16+,17-/m0/s1. The van der Waals surface area contributed by atoms with Crippen LogP contribution in [-0.2, 0) is 9.59 Å². The third kappa shape index (κ3) is 4.37. The van der Waals surface area contributed by atoms with Crippen molar-refractivity contribution in [2.24, 2.45) is 5.92 Å². The highest BCUT2D eigenvalue weighted by molar-refractivity contribution is 5.90. The Morgan fingerprint density at radius 3 is 2.44 bits per heavy atom. The zero-order valence-corrected chi connectivity index (χ0v) is 14.4. The SMILES string of the molecule is C[C@H](O)[C@H](NC(=O)C1CC1)C(=O)N[C@@H]1CCC[C@H]1c1ccc(F)cc1. The summed E-state index contributed by atoms with van der Waals surface area (Å²) in [5, 5.41) is 15.5. The van der Waals surface area contributed by atoms with Crippen molar-refractivity contribution < 1.29 is 19.1 Å². The molecule has 6 heteroatoms. The second-order valence-electron chi connectivity index (χ2n) is 7.21. The molecule has 0 saturated heterocycles. The molecule has 5 nitrogen and oxygen atoms in total. The van der Waals surface area contributed by atoms with E-state index in [1.165, 1.54) is 19.1 Å². The molecule has 2 aliphatic carbocycles. The van der Waals surface area contributed by atoms with E-state index in [2.05, 4.69) is 10.6 Å². The van der Waals surface area contributed by atoms with E-state index in [0.717, 1.165) is 37.7 Å². The number of carbonyl (C=O) groups is 2. The van der Waals surface area contributed by atoms with E-state index in [4.69, 9.17) is 0 Å². The Morgan fingerprint density at radius 2 is 1.84 bits per heavy atom. The smallest absolute Gasteiger partial charge is 0.245 e. The number of hydrogen-bond donors (Lipinski definition) is 3. The number of carbonyl (C=O) groups excluding carboxylic acids is 2. The molecule has 1 aromatic carbocycles. The number of aliphatic hydroxyl groups excluding tert-OH is 1. The predicted molar refractivity (Wildman–Crippen MR) is 91.3 cm³/mol. The highest BCUT2D eigenvalue weighted by Crippen LogP contribution is 2.35. The van der Waals surface area contributed by atoms with Crippen molar-refractivity contribution >= 4 is 11.8 Å². The van der Waals surface area contributed by atoms with E-state index in [1.807, 2.05) is 0 Å². The Hall–Kier alpha value is -1.95. The summed E-state index contributed by atoms with van der Waals surface area (Å²) < 4.78 is 13.1. The molecular weight excluding hydrogens is 323 g/mol. The topological polar surface area (TPSA) is 78.4 Å². The Bertz CT molecular complexity index is 628. The second-order valence-corrected chi connectivity index (χ2v) is 7.21. The van der Waals surface area contributed by atoms with Gasteiger partial charge in [0.15, 0.2) is 0 Å². The lowest BCUT2D eigenvalue weighted by Gasteiger charge is -2.26. The lowest BCUT2D eigenvalue weighted by atomic mass is 9.93. The maximum Gasteiger partial charge on any atom is 0.245 e. The van der Waals surface area contributed by atoms with Crippen LogP contribution in [0.15, 0.2) is 24.3 Å². The number of benzene rings is 1. The molecule has 0 bridgehead atoms. The van der Waals surface area contributed by atoms with Gasteiger partial charge in [-0.05, 0) is 50.3 Å². The molecule has 2 amide bonds. The Labute approximate surface area is 147 Å². The first-order valence-electron chi connectivity index (χ1n) is 9.00. The molecule has 1 aromatic rings. The number of halogens is 1. The van der Waals surface area contributed by atoms with E-state index in [0.29, 0.717) is 0 Å². The third-order valence-electron chi connectivity index (χ3n) is 5.15. The maximum absolute atomic E-state index is 13.1. The van der Waals surface area contributed by atoms with E-state index < -0.39 is 12.1 Å². The van der Waals surface area contributed by atoms with Crippen molar-refractivity contribution in [3.63, 3.8) is 0 Å². The molecule has 4 atom stereocenters. The Morgan fingerprint density at radius 1 is 1.16 bits per heavy atom. The summed E-state index contributed by atoms with van der Waals surface area (Å²) in [5.74, 6) is -0.698.